The van der Waals surface area contributed by atoms with Gasteiger partial charge >= 0.3 is 10.1 Å². The quantitative estimate of drug-likeness (QED) is 0.351. The van der Waals surface area contributed by atoms with E-state index >= 15 is 0 Å². The molecule has 9 heteroatoms. The van der Waals surface area contributed by atoms with Gasteiger partial charge in [-0.3, -0.25) is 10.1 Å². The van der Waals surface area contributed by atoms with E-state index in [1.807, 2.05) is 20.8 Å². The molecule has 3 aromatic rings. The lowest BCUT2D eigenvalue weighted by atomic mass is 10.1. The molecule has 146 valence electrons. The van der Waals surface area contributed by atoms with E-state index in [2.05, 4.69) is 5.10 Å². The van der Waals surface area contributed by atoms with Crippen molar-refractivity contribution in [3.8, 4) is 11.6 Å². The van der Waals surface area contributed by atoms with E-state index < -0.39 is 15.0 Å². The summed E-state index contributed by atoms with van der Waals surface area (Å²) >= 11 is 0. The van der Waals surface area contributed by atoms with E-state index in [1.54, 1.807) is 18.2 Å². The highest BCUT2D eigenvalue weighted by molar-refractivity contribution is 7.87. The van der Waals surface area contributed by atoms with Crippen molar-refractivity contribution >= 4 is 15.8 Å². The van der Waals surface area contributed by atoms with Gasteiger partial charge < -0.3 is 4.18 Å². The lowest BCUT2D eigenvalue weighted by Gasteiger charge is -2.09. The molecule has 0 saturated heterocycles. The molecule has 0 saturated carbocycles. The fraction of sp³-hybridized carbons (Fsp3) is 0.211. The highest BCUT2D eigenvalue weighted by Gasteiger charge is 2.22. The zero-order valence-corrected chi connectivity index (χ0v) is 16.4. The van der Waals surface area contributed by atoms with E-state index in [0.29, 0.717) is 11.4 Å². The molecule has 0 aliphatic carbocycles. The molecule has 0 N–H and O–H groups in total. The van der Waals surface area contributed by atoms with Crippen LogP contribution >= 0.6 is 0 Å². The number of hydrogen-bond acceptors (Lipinski definition) is 6. The molecule has 28 heavy (non-hydrogen) atoms. The SMILES string of the molecule is Cc1ccc(S(=O)(=O)Oc2cc(C(C)C)nn2-c2ccc([N+](=O)[O-])cc2)cc1. The molecule has 8 nitrogen and oxygen atoms in total. The number of benzene rings is 2. The molecule has 3 rings (SSSR count). The summed E-state index contributed by atoms with van der Waals surface area (Å²) in [6.07, 6.45) is 0. The standard InChI is InChI=1S/C19H19N3O5S/c1-13(2)18-12-19(27-28(25,26)17-10-4-14(3)5-11-17)21(20-18)15-6-8-16(9-7-15)22(23)24/h4-13H,1-3H3. The van der Waals surface area contributed by atoms with Crippen LogP contribution in [0.1, 0.15) is 31.0 Å². The van der Waals surface area contributed by atoms with E-state index in [0.717, 1.165) is 5.56 Å². The number of nitro benzene ring substituents is 1. The number of nitrogens with zero attached hydrogens (tertiary/aromatic N) is 3. The molecule has 1 heterocycles. The van der Waals surface area contributed by atoms with Gasteiger partial charge in [-0.25, -0.2) is 0 Å². The van der Waals surface area contributed by atoms with Gasteiger partial charge in [0.05, 0.1) is 16.3 Å². The van der Waals surface area contributed by atoms with Crippen LogP contribution in [0.25, 0.3) is 5.69 Å². The second kappa shape index (κ2) is 7.43. The molecule has 0 radical (unpaired) electrons. The van der Waals surface area contributed by atoms with Crippen LogP contribution in [0, 0.1) is 17.0 Å². The average Bonchev–Trinajstić information content (AvgIpc) is 3.05. The smallest absolute Gasteiger partial charge is 0.340 e. The van der Waals surface area contributed by atoms with Crippen LogP contribution in [-0.4, -0.2) is 23.1 Å². The first-order chi connectivity index (χ1) is 13.2. The topological polar surface area (TPSA) is 104 Å². The van der Waals surface area contributed by atoms with Crippen molar-refractivity contribution in [2.24, 2.45) is 0 Å². The van der Waals surface area contributed by atoms with Crippen molar-refractivity contribution in [2.75, 3.05) is 0 Å². The van der Waals surface area contributed by atoms with Gasteiger partial charge in [0.2, 0.25) is 5.88 Å². The fourth-order valence-electron chi connectivity index (χ4n) is 2.49. The summed E-state index contributed by atoms with van der Waals surface area (Å²) in [6, 6.07) is 13.5. The van der Waals surface area contributed by atoms with Crippen molar-refractivity contribution in [3.05, 3.63) is 76.0 Å². The van der Waals surface area contributed by atoms with Gasteiger partial charge in [0.1, 0.15) is 4.90 Å². The van der Waals surface area contributed by atoms with Gasteiger partial charge in [0.25, 0.3) is 5.69 Å². The molecule has 0 amide bonds. The number of nitro groups is 1. The molecule has 0 unspecified atom stereocenters. The number of aryl methyl sites for hydroxylation is 1. The van der Waals surface area contributed by atoms with Gasteiger partial charge in [0.15, 0.2) is 0 Å². The Morgan fingerprint density at radius 1 is 1.07 bits per heavy atom. The van der Waals surface area contributed by atoms with E-state index in [4.69, 9.17) is 4.18 Å². The van der Waals surface area contributed by atoms with Gasteiger partial charge in [-0.05, 0) is 37.1 Å². The predicted molar refractivity (Wildman–Crippen MR) is 103 cm³/mol. The lowest BCUT2D eigenvalue weighted by molar-refractivity contribution is -0.384. The third-order valence-electron chi connectivity index (χ3n) is 4.10. The van der Waals surface area contributed by atoms with Crippen molar-refractivity contribution in [2.45, 2.75) is 31.6 Å². The summed E-state index contributed by atoms with van der Waals surface area (Å²) < 4.78 is 32.0. The average molecular weight is 401 g/mol. The number of non-ortho nitro benzene ring substituents is 1. The van der Waals surface area contributed by atoms with Crippen molar-refractivity contribution < 1.29 is 17.5 Å². The van der Waals surface area contributed by atoms with Gasteiger partial charge in [-0.2, -0.15) is 18.2 Å². The van der Waals surface area contributed by atoms with Crippen LogP contribution in [0.5, 0.6) is 5.88 Å². The Morgan fingerprint density at radius 2 is 1.68 bits per heavy atom. The minimum Gasteiger partial charge on any atom is -0.358 e. The Hall–Kier alpha value is -3.20. The normalized spacial score (nSPS) is 11.6. The highest BCUT2D eigenvalue weighted by Crippen LogP contribution is 2.27. The third kappa shape index (κ3) is 4.04. The van der Waals surface area contributed by atoms with Crippen LogP contribution < -0.4 is 4.18 Å². The molecule has 0 bridgehead atoms. The summed E-state index contributed by atoms with van der Waals surface area (Å²) in [5.41, 5.74) is 1.94. The Labute approximate surface area is 162 Å². The Kier molecular flexibility index (Phi) is 5.19. The Balaban J connectivity index is 2.02. The molecular formula is C19H19N3O5S. The summed E-state index contributed by atoms with van der Waals surface area (Å²) in [5, 5.41) is 15.3. The first kappa shape index (κ1) is 19.6. The van der Waals surface area contributed by atoms with Crippen LogP contribution in [0.15, 0.2) is 59.5 Å². The maximum Gasteiger partial charge on any atom is 0.340 e. The minimum atomic E-state index is -4.06. The van der Waals surface area contributed by atoms with Crippen molar-refractivity contribution in [1.82, 2.24) is 9.78 Å². The summed E-state index contributed by atoms with van der Waals surface area (Å²) in [7, 11) is -4.06. The zero-order valence-electron chi connectivity index (χ0n) is 15.6. The number of aromatic nitrogens is 2. The number of rotatable bonds is 6. The third-order valence-corrected chi connectivity index (χ3v) is 5.34. The number of hydrogen-bond donors (Lipinski definition) is 0. The van der Waals surface area contributed by atoms with Crippen LogP contribution in [0.3, 0.4) is 0 Å². The summed E-state index contributed by atoms with van der Waals surface area (Å²) in [4.78, 5) is 10.4. The molecule has 0 spiro atoms. The molecule has 0 atom stereocenters. The lowest BCUT2D eigenvalue weighted by Crippen LogP contribution is -2.12. The summed E-state index contributed by atoms with van der Waals surface area (Å²) in [5.74, 6) is 0.0434. The molecule has 0 aliphatic heterocycles. The van der Waals surface area contributed by atoms with Gasteiger partial charge in [0, 0.05) is 18.2 Å². The Morgan fingerprint density at radius 3 is 2.21 bits per heavy atom. The molecule has 2 aromatic carbocycles. The van der Waals surface area contributed by atoms with Crippen LogP contribution in [0.4, 0.5) is 5.69 Å². The first-order valence-electron chi connectivity index (χ1n) is 8.53. The second-order valence-corrected chi connectivity index (χ2v) is 8.14. The largest absolute Gasteiger partial charge is 0.358 e. The molecule has 0 fully saturated rings. The summed E-state index contributed by atoms with van der Waals surface area (Å²) in [6.45, 7) is 5.69. The zero-order chi connectivity index (χ0) is 20.5. The maximum absolute atomic E-state index is 12.7. The minimum absolute atomic E-state index is 0.0122. The molecule has 1 aromatic heterocycles. The van der Waals surface area contributed by atoms with Gasteiger partial charge in [-0.1, -0.05) is 31.5 Å². The van der Waals surface area contributed by atoms with Crippen LogP contribution in [-0.2, 0) is 10.1 Å². The van der Waals surface area contributed by atoms with Crippen molar-refractivity contribution in [1.29, 1.82) is 0 Å². The van der Waals surface area contributed by atoms with Gasteiger partial charge in [-0.15, -0.1) is 0 Å². The van der Waals surface area contributed by atoms with E-state index in [9.17, 15) is 18.5 Å². The van der Waals surface area contributed by atoms with E-state index in [-0.39, 0.29) is 22.4 Å². The Bertz CT molecular complexity index is 1100. The van der Waals surface area contributed by atoms with Crippen LogP contribution in [0.2, 0.25) is 0 Å². The maximum atomic E-state index is 12.7. The predicted octanol–water partition coefficient (Wildman–Crippen LogP) is 3.98. The van der Waals surface area contributed by atoms with E-state index in [1.165, 1.54) is 41.1 Å². The fourth-order valence-corrected chi connectivity index (χ4v) is 3.40. The second-order valence-electron chi connectivity index (χ2n) is 6.60. The first-order valence-corrected chi connectivity index (χ1v) is 9.94. The molecule has 0 aliphatic rings. The monoisotopic (exact) mass is 401 g/mol. The van der Waals surface area contributed by atoms with Crippen molar-refractivity contribution in [3.63, 3.8) is 0 Å². The highest BCUT2D eigenvalue weighted by atomic mass is 32.2. The molecular weight excluding hydrogens is 382 g/mol.